The molecule has 0 fully saturated rings. The molecule has 1 aliphatic rings. The number of carbonyl (C=O) groups is 2. The van der Waals surface area contributed by atoms with E-state index in [2.05, 4.69) is 6.92 Å². The van der Waals surface area contributed by atoms with Crippen LogP contribution < -0.4 is 0 Å². The lowest BCUT2D eigenvalue weighted by Crippen LogP contribution is -2.42. The Kier molecular flexibility index (Phi) is 10.4. The summed E-state index contributed by atoms with van der Waals surface area (Å²) >= 11 is 0. The van der Waals surface area contributed by atoms with E-state index in [9.17, 15) is 9.59 Å². The Morgan fingerprint density at radius 1 is 1.00 bits per heavy atom. The molecular formula is C18H30O6. The molecular weight excluding hydrogens is 312 g/mol. The van der Waals surface area contributed by atoms with Crippen LogP contribution >= 0.6 is 0 Å². The van der Waals surface area contributed by atoms with E-state index >= 15 is 0 Å². The van der Waals surface area contributed by atoms with Crippen molar-refractivity contribution in [1.82, 2.24) is 0 Å². The van der Waals surface area contributed by atoms with Crippen molar-refractivity contribution in [3.63, 3.8) is 0 Å². The summed E-state index contributed by atoms with van der Waals surface area (Å²) in [6, 6.07) is 0. The highest BCUT2D eigenvalue weighted by Crippen LogP contribution is 2.18. The van der Waals surface area contributed by atoms with Crippen molar-refractivity contribution < 1.29 is 28.5 Å². The first kappa shape index (κ1) is 20.6. The molecule has 0 aromatic heterocycles. The van der Waals surface area contributed by atoms with Gasteiger partial charge in [-0.2, -0.15) is 0 Å². The van der Waals surface area contributed by atoms with Gasteiger partial charge in [-0.15, -0.1) is 0 Å². The lowest BCUT2D eigenvalue weighted by Gasteiger charge is -2.31. The predicted octanol–water partition coefficient (Wildman–Crippen LogP) is 3.14. The molecule has 6 nitrogen and oxygen atoms in total. The SMILES string of the molecule is CCCCCCCCO[C@@H]1C=C[C@@H](OC(C)=O)[C@@H](COC(C)=O)O1. The quantitative estimate of drug-likeness (QED) is 0.326. The fourth-order valence-electron chi connectivity index (χ4n) is 2.44. The predicted molar refractivity (Wildman–Crippen MR) is 89.3 cm³/mol. The Bertz CT molecular complexity index is 406. The van der Waals surface area contributed by atoms with E-state index in [1.54, 1.807) is 12.2 Å². The van der Waals surface area contributed by atoms with Crippen LogP contribution in [0.15, 0.2) is 12.2 Å². The highest BCUT2D eigenvalue weighted by Gasteiger charge is 2.30. The van der Waals surface area contributed by atoms with Crippen LogP contribution in [0.25, 0.3) is 0 Å². The Balaban J connectivity index is 2.35. The lowest BCUT2D eigenvalue weighted by atomic mass is 10.1. The molecule has 0 N–H and O–H groups in total. The average molecular weight is 342 g/mol. The van der Waals surface area contributed by atoms with Gasteiger partial charge in [0.1, 0.15) is 18.8 Å². The molecule has 138 valence electrons. The van der Waals surface area contributed by atoms with E-state index < -0.39 is 30.4 Å². The highest BCUT2D eigenvalue weighted by atomic mass is 16.7. The van der Waals surface area contributed by atoms with Crippen LogP contribution in [-0.2, 0) is 28.5 Å². The second-order valence-electron chi connectivity index (χ2n) is 5.94. The number of hydrogen-bond acceptors (Lipinski definition) is 6. The molecule has 0 radical (unpaired) electrons. The molecule has 0 aliphatic carbocycles. The molecule has 24 heavy (non-hydrogen) atoms. The van der Waals surface area contributed by atoms with Gasteiger partial charge in [0.15, 0.2) is 6.29 Å². The van der Waals surface area contributed by atoms with E-state index in [-0.39, 0.29) is 6.61 Å². The van der Waals surface area contributed by atoms with Crippen LogP contribution in [0.1, 0.15) is 59.3 Å². The van der Waals surface area contributed by atoms with Crippen molar-refractivity contribution in [3.8, 4) is 0 Å². The maximum Gasteiger partial charge on any atom is 0.303 e. The molecule has 0 saturated heterocycles. The van der Waals surface area contributed by atoms with Gasteiger partial charge in [-0.25, -0.2) is 0 Å². The van der Waals surface area contributed by atoms with Gasteiger partial charge in [0.25, 0.3) is 0 Å². The lowest BCUT2D eigenvalue weighted by molar-refractivity contribution is -0.197. The van der Waals surface area contributed by atoms with Crippen LogP contribution in [-0.4, -0.2) is 43.7 Å². The zero-order chi connectivity index (χ0) is 17.8. The third kappa shape index (κ3) is 9.03. The van der Waals surface area contributed by atoms with Gasteiger partial charge in [-0.1, -0.05) is 39.0 Å². The number of rotatable bonds is 11. The van der Waals surface area contributed by atoms with Crippen molar-refractivity contribution in [2.45, 2.75) is 77.8 Å². The molecule has 0 spiro atoms. The Morgan fingerprint density at radius 2 is 1.71 bits per heavy atom. The van der Waals surface area contributed by atoms with Crippen molar-refractivity contribution in [2.24, 2.45) is 0 Å². The Labute approximate surface area is 144 Å². The number of unbranched alkanes of at least 4 members (excludes halogenated alkanes) is 5. The van der Waals surface area contributed by atoms with E-state index in [1.807, 2.05) is 0 Å². The smallest absolute Gasteiger partial charge is 0.303 e. The molecule has 0 unspecified atom stereocenters. The van der Waals surface area contributed by atoms with Crippen LogP contribution in [0.4, 0.5) is 0 Å². The van der Waals surface area contributed by atoms with E-state index in [0.29, 0.717) is 6.61 Å². The molecule has 0 aromatic carbocycles. The molecule has 1 rings (SSSR count). The Morgan fingerprint density at radius 3 is 2.38 bits per heavy atom. The third-order valence-electron chi connectivity index (χ3n) is 3.67. The summed E-state index contributed by atoms with van der Waals surface area (Å²) in [4.78, 5) is 22.1. The highest BCUT2D eigenvalue weighted by molar-refractivity contribution is 5.66. The molecule has 1 heterocycles. The minimum absolute atomic E-state index is 0.0223. The molecule has 0 aromatic rings. The van der Waals surface area contributed by atoms with Crippen molar-refractivity contribution >= 4 is 11.9 Å². The van der Waals surface area contributed by atoms with Gasteiger partial charge in [0, 0.05) is 13.8 Å². The summed E-state index contributed by atoms with van der Waals surface area (Å²) < 4.78 is 21.6. The molecule has 0 amide bonds. The van der Waals surface area contributed by atoms with Crippen molar-refractivity contribution in [2.75, 3.05) is 13.2 Å². The van der Waals surface area contributed by atoms with Crippen LogP contribution in [0.5, 0.6) is 0 Å². The number of esters is 2. The summed E-state index contributed by atoms with van der Waals surface area (Å²) in [7, 11) is 0. The third-order valence-corrected chi connectivity index (χ3v) is 3.67. The van der Waals surface area contributed by atoms with Crippen LogP contribution in [0, 0.1) is 0 Å². The normalized spacial score (nSPS) is 23.0. The molecule has 6 heteroatoms. The number of ether oxygens (including phenoxy) is 4. The second-order valence-corrected chi connectivity index (χ2v) is 5.94. The number of carbonyl (C=O) groups excluding carboxylic acids is 2. The number of hydrogen-bond donors (Lipinski definition) is 0. The first-order valence-electron chi connectivity index (χ1n) is 8.79. The summed E-state index contributed by atoms with van der Waals surface area (Å²) in [5.41, 5.74) is 0. The van der Waals surface area contributed by atoms with Gasteiger partial charge in [0.2, 0.25) is 0 Å². The van der Waals surface area contributed by atoms with Crippen molar-refractivity contribution in [3.05, 3.63) is 12.2 Å². The maximum absolute atomic E-state index is 11.1. The minimum atomic E-state index is -0.573. The zero-order valence-corrected chi connectivity index (χ0v) is 15.0. The molecule has 0 saturated carbocycles. The van der Waals surface area contributed by atoms with Crippen LogP contribution in [0.2, 0.25) is 0 Å². The Hall–Kier alpha value is -1.40. The summed E-state index contributed by atoms with van der Waals surface area (Å²) in [6.45, 7) is 5.49. The average Bonchev–Trinajstić information content (AvgIpc) is 2.53. The topological polar surface area (TPSA) is 71.1 Å². The van der Waals surface area contributed by atoms with E-state index in [0.717, 1.165) is 12.8 Å². The van der Waals surface area contributed by atoms with Crippen LogP contribution in [0.3, 0.4) is 0 Å². The fraction of sp³-hybridized carbons (Fsp3) is 0.778. The summed E-state index contributed by atoms with van der Waals surface area (Å²) in [5.74, 6) is -0.813. The van der Waals surface area contributed by atoms with Gasteiger partial charge >= 0.3 is 11.9 Å². The molecule has 1 aliphatic heterocycles. The standard InChI is InChI=1S/C18H30O6/c1-4-5-6-7-8-9-12-21-18-11-10-16(23-15(3)20)17(24-18)13-22-14(2)19/h10-11,16-18H,4-9,12-13H2,1-3H3/t16-,17-,18+/m1/s1. The first-order valence-corrected chi connectivity index (χ1v) is 8.79. The molecule has 3 atom stereocenters. The first-order chi connectivity index (χ1) is 11.5. The monoisotopic (exact) mass is 342 g/mol. The second kappa shape index (κ2) is 12.0. The van der Waals surface area contributed by atoms with Gasteiger partial charge in [0.05, 0.1) is 6.61 Å². The largest absolute Gasteiger partial charge is 0.463 e. The van der Waals surface area contributed by atoms with Gasteiger partial charge < -0.3 is 18.9 Å². The van der Waals surface area contributed by atoms with Crippen molar-refractivity contribution in [1.29, 1.82) is 0 Å². The maximum atomic E-state index is 11.1. The zero-order valence-electron chi connectivity index (χ0n) is 15.0. The van der Waals surface area contributed by atoms with E-state index in [4.69, 9.17) is 18.9 Å². The molecule has 0 bridgehead atoms. The summed E-state index contributed by atoms with van der Waals surface area (Å²) in [5, 5.41) is 0. The summed E-state index contributed by atoms with van der Waals surface area (Å²) in [6.07, 6.45) is 8.96. The minimum Gasteiger partial charge on any atom is -0.463 e. The van der Waals surface area contributed by atoms with Gasteiger partial charge in [-0.3, -0.25) is 9.59 Å². The van der Waals surface area contributed by atoms with E-state index in [1.165, 1.54) is 39.5 Å². The fourth-order valence-corrected chi connectivity index (χ4v) is 2.44. The van der Waals surface area contributed by atoms with Gasteiger partial charge in [-0.05, 0) is 18.6 Å².